The van der Waals surface area contributed by atoms with Crippen LogP contribution in [0.1, 0.15) is 17.0 Å². The van der Waals surface area contributed by atoms with Gasteiger partial charge in [0.1, 0.15) is 0 Å². The first-order valence-electron chi connectivity index (χ1n) is 9.56. The SMILES string of the molecule is NC(=O)NC(=O)Nc1ccccc1/C=C/NC(=O)C(C[PH](=O)O)c1csc2ccc(Cl)cc12. The van der Waals surface area contributed by atoms with Gasteiger partial charge in [0.15, 0.2) is 8.03 Å². The molecular formula is C21H20ClN4O5PS. The van der Waals surface area contributed by atoms with Gasteiger partial charge in [-0.25, -0.2) is 9.59 Å². The number of anilines is 1. The third-order valence-electron chi connectivity index (χ3n) is 4.57. The van der Waals surface area contributed by atoms with Crippen LogP contribution in [0.15, 0.2) is 54.0 Å². The van der Waals surface area contributed by atoms with Crippen LogP contribution in [0.25, 0.3) is 16.2 Å². The molecule has 0 aliphatic carbocycles. The lowest BCUT2D eigenvalue weighted by molar-refractivity contribution is -0.121. The third-order valence-corrected chi connectivity index (χ3v) is 6.54. The first-order chi connectivity index (χ1) is 15.7. The number of rotatable bonds is 7. The van der Waals surface area contributed by atoms with E-state index in [9.17, 15) is 23.8 Å². The molecule has 0 saturated carbocycles. The number of benzene rings is 2. The Kier molecular flexibility index (Phi) is 8.24. The maximum Gasteiger partial charge on any atom is 0.327 e. The van der Waals surface area contributed by atoms with Gasteiger partial charge in [-0.15, -0.1) is 11.3 Å². The summed E-state index contributed by atoms with van der Waals surface area (Å²) in [5.41, 5.74) is 6.47. The van der Waals surface area contributed by atoms with Crippen molar-refractivity contribution in [2.75, 3.05) is 11.5 Å². The van der Waals surface area contributed by atoms with Crippen LogP contribution in [0.2, 0.25) is 5.02 Å². The summed E-state index contributed by atoms with van der Waals surface area (Å²) in [5.74, 6) is -1.32. The highest BCUT2D eigenvalue weighted by Gasteiger charge is 2.25. The fourth-order valence-corrected chi connectivity index (χ4v) is 5.07. The van der Waals surface area contributed by atoms with Crippen molar-refractivity contribution in [3.63, 3.8) is 0 Å². The molecule has 0 aliphatic heterocycles. The molecule has 2 atom stereocenters. The van der Waals surface area contributed by atoms with Gasteiger partial charge in [0.2, 0.25) is 5.91 Å². The van der Waals surface area contributed by atoms with E-state index in [2.05, 4.69) is 10.6 Å². The first kappa shape index (κ1) is 24.5. The molecule has 172 valence electrons. The molecule has 2 unspecified atom stereocenters. The Morgan fingerprint density at radius 3 is 2.70 bits per heavy atom. The van der Waals surface area contributed by atoms with E-state index < -0.39 is 31.9 Å². The smallest absolute Gasteiger partial charge is 0.327 e. The minimum atomic E-state index is -2.94. The topological polar surface area (TPSA) is 151 Å². The Morgan fingerprint density at radius 2 is 1.97 bits per heavy atom. The summed E-state index contributed by atoms with van der Waals surface area (Å²) in [6.07, 6.45) is 2.70. The highest BCUT2D eigenvalue weighted by atomic mass is 35.5. The fraction of sp³-hybridized carbons (Fsp3) is 0.0952. The number of primary amides is 1. The molecule has 2 aromatic carbocycles. The van der Waals surface area contributed by atoms with E-state index in [0.29, 0.717) is 21.8 Å². The molecule has 0 aliphatic rings. The highest BCUT2D eigenvalue weighted by Crippen LogP contribution is 2.36. The van der Waals surface area contributed by atoms with Crippen molar-refractivity contribution in [3.8, 4) is 0 Å². The Morgan fingerprint density at radius 1 is 1.21 bits per heavy atom. The number of imide groups is 1. The minimum Gasteiger partial charge on any atom is -0.351 e. The number of amides is 5. The number of hydrogen-bond donors (Lipinski definition) is 5. The van der Waals surface area contributed by atoms with Gasteiger partial charge in [0.05, 0.1) is 5.92 Å². The Balaban J connectivity index is 1.79. The van der Waals surface area contributed by atoms with Gasteiger partial charge in [-0.3, -0.25) is 14.7 Å². The maximum atomic E-state index is 12.9. The lowest BCUT2D eigenvalue weighted by Gasteiger charge is -2.14. The van der Waals surface area contributed by atoms with Crippen molar-refractivity contribution in [2.45, 2.75) is 5.92 Å². The van der Waals surface area contributed by atoms with Crippen LogP contribution in [0.4, 0.5) is 15.3 Å². The average molecular weight is 507 g/mol. The van der Waals surface area contributed by atoms with Crippen LogP contribution in [-0.2, 0) is 9.36 Å². The molecular weight excluding hydrogens is 487 g/mol. The largest absolute Gasteiger partial charge is 0.351 e. The standard InChI is InChI=1S/C21H20ClN4O5PS/c22-13-5-6-18-14(9-13)16(11-33-18)15(10-32(30)31)19(27)24-8-7-12-3-1-2-4-17(12)25-21(29)26-20(23)28/h1-9,11,15,32H,10H2,(H,24,27)(H,30,31)(H4,23,25,26,28,29)/b8-7+. The van der Waals surface area contributed by atoms with Crippen LogP contribution in [0, 0.1) is 0 Å². The molecule has 9 nitrogen and oxygen atoms in total. The normalized spacial score (nSPS) is 12.9. The molecule has 12 heteroatoms. The van der Waals surface area contributed by atoms with Gasteiger partial charge in [-0.1, -0.05) is 29.8 Å². The fourth-order valence-electron chi connectivity index (χ4n) is 3.15. The second-order valence-electron chi connectivity index (χ2n) is 6.85. The van der Waals surface area contributed by atoms with E-state index in [0.717, 1.165) is 10.1 Å². The van der Waals surface area contributed by atoms with Crippen LogP contribution < -0.4 is 21.7 Å². The summed E-state index contributed by atoms with van der Waals surface area (Å²) < 4.78 is 12.5. The van der Waals surface area contributed by atoms with Crippen LogP contribution in [0.5, 0.6) is 0 Å². The summed E-state index contributed by atoms with van der Waals surface area (Å²) in [4.78, 5) is 45.0. The highest BCUT2D eigenvalue weighted by molar-refractivity contribution is 7.38. The molecule has 1 aromatic heterocycles. The Bertz CT molecular complexity index is 1260. The van der Waals surface area contributed by atoms with Crippen molar-refractivity contribution in [3.05, 3.63) is 70.2 Å². The number of halogens is 1. The number of carbonyl (C=O) groups is 3. The lowest BCUT2D eigenvalue weighted by atomic mass is 9.99. The van der Waals surface area contributed by atoms with Crippen molar-refractivity contribution in [2.24, 2.45) is 5.73 Å². The number of nitrogens with one attached hydrogen (secondary N) is 3. The molecule has 0 bridgehead atoms. The molecule has 3 aromatic rings. The zero-order chi connectivity index (χ0) is 24.0. The Hall–Kier alpha value is -3.17. The first-order valence-corrected chi connectivity index (χ1v) is 12.4. The predicted octanol–water partition coefficient (Wildman–Crippen LogP) is 4.09. The van der Waals surface area contributed by atoms with Crippen molar-refractivity contribution in [1.29, 1.82) is 0 Å². The number of hydrogen-bond acceptors (Lipinski definition) is 5. The maximum absolute atomic E-state index is 12.9. The molecule has 0 fully saturated rings. The summed E-state index contributed by atoms with van der Waals surface area (Å²) >= 11 is 7.52. The summed E-state index contributed by atoms with van der Waals surface area (Å²) in [6.45, 7) is 0. The van der Waals surface area contributed by atoms with Crippen molar-refractivity contribution < 1.29 is 23.8 Å². The number of para-hydroxylation sites is 1. The summed E-state index contributed by atoms with van der Waals surface area (Å²) in [7, 11) is -2.94. The lowest BCUT2D eigenvalue weighted by Crippen LogP contribution is -2.38. The van der Waals surface area contributed by atoms with Gasteiger partial charge in [0.25, 0.3) is 0 Å². The molecule has 6 N–H and O–H groups in total. The molecule has 3 rings (SSSR count). The average Bonchev–Trinajstić information content (AvgIpc) is 3.15. The van der Waals surface area contributed by atoms with Crippen LogP contribution >= 0.6 is 31.0 Å². The second kappa shape index (κ2) is 11.1. The summed E-state index contributed by atoms with van der Waals surface area (Å²) in [5, 5.41) is 10.1. The molecule has 0 saturated heterocycles. The van der Waals surface area contributed by atoms with E-state index in [1.165, 1.54) is 17.5 Å². The van der Waals surface area contributed by atoms with Gasteiger partial charge in [-0.2, -0.15) is 0 Å². The second-order valence-corrected chi connectivity index (χ2v) is 9.40. The molecule has 33 heavy (non-hydrogen) atoms. The van der Waals surface area contributed by atoms with Gasteiger partial charge in [0, 0.05) is 27.8 Å². The van der Waals surface area contributed by atoms with Crippen LogP contribution in [0.3, 0.4) is 0 Å². The number of nitrogens with two attached hydrogens (primary N) is 1. The quantitative estimate of drug-likeness (QED) is 0.306. The number of thiophene rings is 1. The van der Waals surface area contributed by atoms with Gasteiger partial charge < -0.3 is 21.3 Å². The number of fused-ring (bicyclic) bond motifs is 1. The van der Waals surface area contributed by atoms with E-state index in [4.69, 9.17) is 17.3 Å². The van der Waals surface area contributed by atoms with Gasteiger partial charge >= 0.3 is 12.1 Å². The third kappa shape index (κ3) is 6.66. The van der Waals surface area contributed by atoms with Crippen LogP contribution in [-0.4, -0.2) is 29.0 Å². The molecule has 5 amide bonds. The predicted molar refractivity (Wildman–Crippen MR) is 131 cm³/mol. The molecule has 1 heterocycles. The molecule has 0 spiro atoms. The Labute approximate surface area is 198 Å². The molecule has 0 radical (unpaired) electrons. The zero-order valence-corrected chi connectivity index (χ0v) is 19.6. The van der Waals surface area contributed by atoms with E-state index in [1.54, 1.807) is 47.9 Å². The van der Waals surface area contributed by atoms with E-state index >= 15 is 0 Å². The summed E-state index contributed by atoms with van der Waals surface area (Å²) in [6, 6.07) is 10.2. The van der Waals surface area contributed by atoms with E-state index in [1.807, 2.05) is 11.4 Å². The number of carbonyl (C=O) groups excluding carboxylic acids is 3. The zero-order valence-electron chi connectivity index (χ0n) is 17.0. The monoisotopic (exact) mass is 506 g/mol. The van der Waals surface area contributed by atoms with Gasteiger partial charge in [-0.05, 0) is 52.2 Å². The van der Waals surface area contributed by atoms with E-state index in [-0.39, 0.29) is 6.16 Å². The van der Waals surface area contributed by atoms with Crippen molar-refractivity contribution in [1.82, 2.24) is 10.6 Å². The minimum absolute atomic E-state index is 0.214. The number of urea groups is 2. The van der Waals surface area contributed by atoms with Crippen molar-refractivity contribution >= 4 is 70.8 Å².